The fourth-order valence-electron chi connectivity index (χ4n) is 3.00. The first-order valence-corrected chi connectivity index (χ1v) is 11.3. The van der Waals surface area contributed by atoms with Crippen LogP contribution in [0, 0.1) is 0 Å². The lowest BCUT2D eigenvalue weighted by Gasteiger charge is -2.13. The van der Waals surface area contributed by atoms with Crippen molar-refractivity contribution in [3.8, 4) is 17.3 Å². The molecule has 0 saturated heterocycles. The van der Waals surface area contributed by atoms with Crippen LogP contribution in [0.1, 0.15) is 5.56 Å². The fourth-order valence-corrected chi connectivity index (χ4v) is 4.46. The Morgan fingerprint density at radius 1 is 1.00 bits per heavy atom. The van der Waals surface area contributed by atoms with Gasteiger partial charge >= 0.3 is 6.18 Å². The molecule has 1 N–H and O–H groups in total. The maximum Gasteiger partial charge on any atom is 0.417 e. The quantitative estimate of drug-likeness (QED) is 0.390. The Kier molecular flexibility index (Phi) is 6.23. The Bertz CT molecular complexity index is 1410. The number of benzene rings is 2. The monoisotopic (exact) mass is 497 g/mol. The molecule has 0 amide bonds. The average molecular weight is 498 g/mol. The van der Waals surface area contributed by atoms with Crippen molar-refractivity contribution in [2.24, 2.45) is 0 Å². The molecular formula is C20H15ClF3N5O3S. The van der Waals surface area contributed by atoms with Crippen LogP contribution in [0.15, 0.2) is 65.6 Å². The number of fused-ring (bicyclic) bond motifs is 1. The molecule has 0 radical (unpaired) electrons. The van der Waals surface area contributed by atoms with Crippen molar-refractivity contribution in [2.45, 2.75) is 11.1 Å². The number of aromatic nitrogens is 4. The summed E-state index contributed by atoms with van der Waals surface area (Å²) in [6.07, 6.45) is -4.81. The van der Waals surface area contributed by atoms with E-state index < -0.39 is 26.7 Å². The molecule has 13 heteroatoms. The molecule has 2 aromatic heterocycles. The van der Waals surface area contributed by atoms with Crippen molar-refractivity contribution in [3.63, 3.8) is 0 Å². The first kappa shape index (κ1) is 23.0. The fraction of sp³-hybridized carbons (Fsp3) is 0.150. The van der Waals surface area contributed by atoms with Gasteiger partial charge in [0.2, 0.25) is 15.9 Å². The highest BCUT2D eigenvalue weighted by molar-refractivity contribution is 7.89. The normalized spacial score (nSPS) is 12.2. The highest BCUT2D eigenvalue weighted by atomic mass is 35.5. The number of nitrogens with zero attached hydrogens (tertiary/aromatic N) is 4. The van der Waals surface area contributed by atoms with Crippen molar-refractivity contribution in [1.82, 2.24) is 24.5 Å². The molecule has 0 aliphatic rings. The molecular weight excluding hydrogens is 483 g/mol. The zero-order valence-corrected chi connectivity index (χ0v) is 18.2. The maximum absolute atomic E-state index is 13.1. The molecule has 0 spiro atoms. The molecule has 0 aliphatic carbocycles. The van der Waals surface area contributed by atoms with Gasteiger partial charge in [-0.05, 0) is 30.3 Å². The van der Waals surface area contributed by atoms with Crippen LogP contribution in [-0.2, 0) is 16.2 Å². The second kappa shape index (κ2) is 8.96. The number of alkyl halides is 3. The van der Waals surface area contributed by atoms with E-state index in [2.05, 4.69) is 20.0 Å². The number of hydrogen-bond acceptors (Lipinski definition) is 6. The summed E-state index contributed by atoms with van der Waals surface area (Å²) in [4.78, 5) is -0.856. The molecule has 8 nitrogen and oxygen atoms in total. The van der Waals surface area contributed by atoms with E-state index in [0.717, 1.165) is 12.1 Å². The van der Waals surface area contributed by atoms with Gasteiger partial charge in [0.15, 0.2) is 11.5 Å². The summed E-state index contributed by atoms with van der Waals surface area (Å²) in [5.41, 5.74) is -0.209. The van der Waals surface area contributed by atoms with Crippen molar-refractivity contribution >= 4 is 27.3 Å². The van der Waals surface area contributed by atoms with Crippen molar-refractivity contribution in [2.75, 3.05) is 13.2 Å². The summed E-state index contributed by atoms with van der Waals surface area (Å²) in [5.74, 6) is 0.510. The van der Waals surface area contributed by atoms with Crippen LogP contribution in [0.25, 0.3) is 17.0 Å². The van der Waals surface area contributed by atoms with E-state index in [4.69, 9.17) is 16.3 Å². The molecule has 0 aliphatic heterocycles. The second-order valence-corrected chi connectivity index (χ2v) is 8.83. The first-order valence-electron chi connectivity index (χ1n) is 9.43. The summed E-state index contributed by atoms with van der Waals surface area (Å²) >= 11 is 6.22. The molecule has 2 heterocycles. The minimum absolute atomic E-state index is 0.130. The van der Waals surface area contributed by atoms with E-state index >= 15 is 0 Å². The van der Waals surface area contributed by atoms with Crippen molar-refractivity contribution in [3.05, 3.63) is 71.2 Å². The molecule has 0 atom stereocenters. The predicted octanol–water partition coefficient (Wildman–Crippen LogP) is 3.82. The summed E-state index contributed by atoms with van der Waals surface area (Å²) in [6, 6.07) is 14.0. The van der Waals surface area contributed by atoms with E-state index in [1.54, 1.807) is 30.3 Å². The number of rotatable bonds is 7. The standard InChI is InChI=1S/C20H15ClF3N5O3S/c21-15-7-3-1-5-13(15)19-27-26-17-9-10-18(28-29(17)19)32-12-11-25-33(30,31)16-8-4-2-6-14(16)20(22,23)24/h1-10,25H,11-12H2. The third-order valence-corrected chi connectivity index (χ3v) is 6.33. The van der Waals surface area contributed by atoms with Crippen LogP contribution in [0.5, 0.6) is 5.88 Å². The molecule has 0 unspecified atom stereocenters. The summed E-state index contributed by atoms with van der Waals surface area (Å²) < 4.78 is 73.1. The van der Waals surface area contributed by atoms with Gasteiger partial charge in [-0.1, -0.05) is 35.9 Å². The number of nitrogens with one attached hydrogen (secondary N) is 1. The molecule has 0 bridgehead atoms. The number of halogens is 4. The third kappa shape index (κ3) is 4.92. The van der Waals surface area contributed by atoms with E-state index in [-0.39, 0.29) is 19.0 Å². The van der Waals surface area contributed by atoms with E-state index in [0.29, 0.717) is 28.1 Å². The minimum Gasteiger partial charge on any atom is -0.475 e. The Balaban J connectivity index is 1.46. The predicted molar refractivity (Wildman–Crippen MR) is 113 cm³/mol. The lowest BCUT2D eigenvalue weighted by molar-refractivity contribution is -0.139. The molecule has 2 aromatic carbocycles. The SMILES string of the molecule is O=S(=O)(NCCOc1ccc2nnc(-c3ccccc3Cl)n2n1)c1ccccc1C(F)(F)F. The van der Waals surface area contributed by atoms with Gasteiger partial charge in [0.25, 0.3) is 0 Å². The number of ether oxygens (including phenoxy) is 1. The Morgan fingerprint density at radius 3 is 2.48 bits per heavy atom. The zero-order valence-electron chi connectivity index (χ0n) is 16.6. The van der Waals surface area contributed by atoms with Gasteiger partial charge in [-0.15, -0.1) is 15.3 Å². The van der Waals surface area contributed by atoms with Gasteiger partial charge in [0, 0.05) is 18.2 Å². The second-order valence-electron chi connectivity index (χ2n) is 6.69. The number of sulfonamides is 1. The topological polar surface area (TPSA) is 98.5 Å². The van der Waals surface area contributed by atoms with Crippen LogP contribution in [0.3, 0.4) is 0 Å². The van der Waals surface area contributed by atoms with E-state index in [9.17, 15) is 21.6 Å². The van der Waals surface area contributed by atoms with Crippen LogP contribution in [0.4, 0.5) is 13.2 Å². The first-order chi connectivity index (χ1) is 15.7. The van der Waals surface area contributed by atoms with Gasteiger partial charge in [0.1, 0.15) is 6.61 Å². The van der Waals surface area contributed by atoms with Gasteiger partial charge < -0.3 is 4.74 Å². The molecule has 4 rings (SSSR count). The van der Waals surface area contributed by atoms with Gasteiger partial charge in [-0.2, -0.15) is 17.7 Å². The maximum atomic E-state index is 13.1. The highest BCUT2D eigenvalue weighted by Gasteiger charge is 2.36. The average Bonchev–Trinajstić information content (AvgIpc) is 3.19. The summed E-state index contributed by atoms with van der Waals surface area (Å²) in [7, 11) is -4.41. The number of hydrogen-bond donors (Lipinski definition) is 1. The lowest BCUT2D eigenvalue weighted by atomic mass is 10.2. The van der Waals surface area contributed by atoms with Gasteiger partial charge in [-0.25, -0.2) is 13.1 Å². The third-order valence-electron chi connectivity index (χ3n) is 4.48. The minimum atomic E-state index is -4.81. The van der Waals surface area contributed by atoms with Crippen LogP contribution in [-0.4, -0.2) is 41.4 Å². The lowest BCUT2D eigenvalue weighted by Crippen LogP contribution is -2.30. The zero-order chi connectivity index (χ0) is 23.6. The Hall–Kier alpha value is -3.22. The summed E-state index contributed by atoms with van der Waals surface area (Å²) in [5, 5.41) is 12.8. The van der Waals surface area contributed by atoms with Crippen LogP contribution < -0.4 is 9.46 Å². The van der Waals surface area contributed by atoms with E-state index in [1.165, 1.54) is 16.6 Å². The highest BCUT2D eigenvalue weighted by Crippen LogP contribution is 2.33. The molecule has 0 fully saturated rings. The molecule has 172 valence electrons. The molecule has 0 saturated carbocycles. The molecule has 4 aromatic rings. The Labute approximate surface area is 191 Å². The van der Waals surface area contributed by atoms with Gasteiger partial charge in [0.05, 0.1) is 15.5 Å². The largest absolute Gasteiger partial charge is 0.475 e. The van der Waals surface area contributed by atoms with Crippen molar-refractivity contribution < 1.29 is 26.3 Å². The molecule has 33 heavy (non-hydrogen) atoms. The van der Waals surface area contributed by atoms with Crippen molar-refractivity contribution in [1.29, 1.82) is 0 Å². The van der Waals surface area contributed by atoms with E-state index in [1.807, 2.05) is 0 Å². The smallest absolute Gasteiger partial charge is 0.417 e. The van der Waals surface area contributed by atoms with Gasteiger partial charge in [-0.3, -0.25) is 0 Å². The van der Waals surface area contributed by atoms with Crippen LogP contribution in [0.2, 0.25) is 5.02 Å². The summed E-state index contributed by atoms with van der Waals surface area (Å²) in [6.45, 7) is -0.469. The Morgan fingerprint density at radius 2 is 1.73 bits per heavy atom. The van der Waals surface area contributed by atoms with Crippen LogP contribution >= 0.6 is 11.6 Å².